The fraction of sp³-hybridized carbons (Fsp3) is 0.889. The summed E-state index contributed by atoms with van der Waals surface area (Å²) < 4.78 is 21.3. The highest BCUT2D eigenvalue weighted by Gasteiger charge is 2.06. The van der Waals surface area contributed by atoms with Gasteiger partial charge in [-0.2, -0.15) is 0 Å². The van der Waals surface area contributed by atoms with Crippen molar-refractivity contribution in [1.29, 1.82) is 0 Å². The number of Topliss-reactive ketones (excluding diaryl/α,β-unsaturated/α-hetero) is 2. The summed E-state index contributed by atoms with van der Waals surface area (Å²) in [4.78, 5) is 22.7. The van der Waals surface area contributed by atoms with Gasteiger partial charge in [0.2, 0.25) is 0 Å². The SMILES string of the molecule is CC(C)C(=O)CCCOCCOCCOCCOCC(=O)C(C)C. The standard InChI is InChI=1S/C18H34O6/c1-15(2)17(19)6-5-7-21-8-9-22-10-11-23-12-13-24-14-18(20)16(3)4/h15-16H,5-14H2,1-4H3. The number of carbonyl (C=O) groups is 2. The smallest absolute Gasteiger partial charge is 0.160 e. The first-order valence-corrected chi connectivity index (χ1v) is 8.81. The van der Waals surface area contributed by atoms with E-state index in [-0.39, 0.29) is 30.0 Å². The van der Waals surface area contributed by atoms with Crippen LogP contribution in [-0.4, -0.2) is 64.4 Å². The molecule has 0 aromatic rings. The third-order valence-corrected chi connectivity index (χ3v) is 3.36. The predicted molar refractivity (Wildman–Crippen MR) is 92.2 cm³/mol. The zero-order chi connectivity index (χ0) is 18.2. The molecule has 0 N–H and O–H groups in total. The number of ether oxygens (including phenoxy) is 4. The van der Waals surface area contributed by atoms with Crippen LogP contribution < -0.4 is 0 Å². The predicted octanol–water partition coefficient (Wildman–Crippen LogP) is 2.28. The molecule has 0 aliphatic carbocycles. The van der Waals surface area contributed by atoms with E-state index in [1.165, 1.54) is 0 Å². The van der Waals surface area contributed by atoms with Crippen LogP contribution >= 0.6 is 0 Å². The molecular formula is C18H34O6. The molecule has 24 heavy (non-hydrogen) atoms. The molecule has 0 atom stereocenters. The van der Waals surface area contributed by atoms with E-state index in [9.17, 15) is 9.59 Å². The highest BCUT2D eigenvalue weighted by molar-refractivity contribution is 5.81. The van der Waals surface area contributed by atoms with Crippen LogP contribution in [0.3, 0.4) is 0 Å². The van der Waals surface area contributed by atoms with Crippen molar-refractivity contribution in [2.45, 2.75) is 40.5 Å². The van der Waals surface area contributed by atoms with Crippen LogP contribution in [0.2, 0.25) is 0 Å². The molecule has 0 radical (unpaired) electrons. The molecule has 0 spiro atoms. The largest absolute Gasteiger partial charge is 0.379 e. The summed E-state index contributed by atoms with van der Waals surface area (Å²) >= 11 is 0. The zero-order valence-corrected chi connectivity index (χ0v) is 15.7. The molecule has 0 aromatic carbocycles. The number of hydrogen-bond acceptors (Lipinski definition) is 6. The minimum absolute atomic E-state index is 0.0113. The average Bonchev–Trinajstić information content (AvgIpc) is 2.54. The Balaban J connectivity index is 3.15. The lowest BCUT2D eigenvalue weighted by atomic mass is 10.1. The van der Waals surface area contributed by atoms with Crippen LogP contribution in [0.25, 0.3) is 0 Å². The van der Waals surface area contributed by atoms with Gasteiger partial charge in [-0.25, -0.2) is 0 Å². The molecular weight excluding hydrogens is 312 g/mol. The summed E-state index contributed by atoms with van der Waals surface area (Å²) in [6.45, 7) is 11.2. The van der Waals surface area contributed by atoms with Gasteiger partial charge in [0.1, 0.15) is 12.4 Å². The normalized spacial score (nSPS) is 11.4. The minimum atomic E-state index is 0.0113. The molecule has 0 aliphatic rings. The Morgan fingerprint density at radius 2 is 1.04 bits per heavy atom. The highest BCUT2D eigenvalue weighted by atomic mass is 16.6. The van der Waals surface area contributed by atoms with Crippen molar-refractivity contribution < 1.29 is 28.5 Å². The topological polar surface area (TPSA) is 71.1 Å². The van der Waals surface area contributed by atoms with Crippen molar-refractivity contribution >= 4 is 11.6 Å². The lowest BCUT2D eigenvalue weighted by Crippen LogP contribution is -2.17. The van der Waals surface area contributed by atoms with Gasteiger partial charge in [-0.3, -0.25) is 9.59 Å². The number of carbonyl (C=O) groups excluding carboxylic acids is 2. The monoisotopic (exact) mass is 346 g/mol. The molecule has 0 saturated heterocycles. The Kier molecular flexibility index (Phi) is 15.2. The van der Waals surface area contributed by atoms with Crippen LogP contribution in [0.1, 0.15) is 40.5 Å². The Morgan fingerprint density at radius 1 is 0.625 bits per heavy atom. The Labute approximate surface area is 146 Å². The van der Waals surface area contributed by atoms with Crippen LogP contribution in [0, 0.1) is 11.8 Å². The maximum absolute atomic E-state index is 11.4. The summed E-state index contributed by atoms with van der Waals surface area (Å²) in [6, 6.07) is 0. The molecule has 0 saturated carbocycles. The van der Waals surface area contributed by atoms with Crippen LogP contribution in [0.5, 0.6) is 0 Å². The second-order valence-corrected chi connectivity index (χ2v) is 6.24. The molecule has 0 amide bonds. The van der Waals surface area contributed by atoms with E-state index < -0.39 is 0 Å². The summed E-state index contributed by atoms with van der Waals surface area (Å²) in [6.07, 6.45) is 1.34. The van der Waals surface area contributed by atoms with E-state index in [0.29, 0.717) is 52.7 Å². The maximum atomic E-state index is 11.4. The molecule has 0 rings (SSSR count). The van der Waals surface area contributed by atoms with Crippen LogP contribution in [-0.2, 0) is 28.5 Å². The van der Waals surface area contributed by atoms with Crippen LogP contribution in [0.4, 0.5) is 0 Å². The first-order chi connectivity index (χ1) is 11.4. The van der Waals surface area contributed by atoms with E-state index in [1.807, 2.05) is 27.7 Å². The first-order valence-electron chi connectivity index (χ1n) is 8.81. The Hall–Kier alpha value is -0.820. The van der Waals surface area contributed by atoms with Gasteiger partial charge in [0.05, 0.1) is 39.6 Å². The van der Waals surface area contributed by atoms with Gasteiger partial charge in [0.25, 0.3) is 0 Å². The van der Waals surface area contributed by atoms with Crippen molar-refractivity contribution in [3.05, 3.63) is 0 Å². The van der Waals surface area contributed by atoms with Gasteiger partial charge in [-0.1, -0.05) is 27.7 Å². The summed E-state index contributed by atoms with van der Waals surface area (Å²) in [5.74, 6) is 0.503. The second-order valence-electron chi connectivity index (χ2n) is 6.24. The summed E-state index contributed by atoms with van der Waals surface area (Å²) in [7, 11) is 0. The van der Waals surface area contributed by atoms with Gasteiger partial charge >= 0.3 is 0 Å². The van der Waals surface area contributed by atoms with Crippen molar-refractivity contribution in [2.75, 3.05) is 52.9 Å². The van der Waals surface area contributed by atoms with Crippen molar-refractivity contribution in [3.63, 3.8) is 0 Å². The second kappa shape index (κ2) is 15.7. The third kappa shape index (κ3) is 14.8. The van der Waals surface area contributed by atoms with E-state index in [2.05, 4.69) is 0 Å². The fourth-order valence-electron chi connectivity index (χ4n) is 1.64. The first kappa shape index (κ1) is 23.2. The highest BCUT2D eigenvalue weighted by Crippen LogP contribution is 2.01. The molecule has 0 fully saturated rings. The third-order valence-electron chi connectivity index (χ3n) is 3.36. The molecule has 0 unspecified atom stereocenters. The summed E-state index contributed by atoms with van der Waals surface area (Å²) in [5, 5.41) is 0. The molecule has 0 aliphatic heterocycles. The van der Waals surface area contributed by atoms with E-state index in [4.69, 9.17) is 18.9 Å². The molecule has 0 bridgehead atoms. The lowest BCUT2D eigenvalue weighted by molar-refractivity contribution is -0.127. The Bertz CT molecular complexity index is 295. The summed E-state index contributed by atoms with van der Waals surface area (Å²) in [5.41, 5.74) is 0. The molecule has 142 valence electrons. The zero-order valence-electron chi connectivity index (χ0n) is 15.7. The molecule has 0 aromatic heterocycles. The van der Waals surface area contributed by atoms with Gasteiger partial charge in [0, 0.05) is 24.9 Å². The van der Waals surface area contributed by atoms with Gasteiger partial charge < -0.3 is 18.9 Å². The molecule has 6 nitrogen and oxygen atoms in total. The average molecular weight is 346 g/mol. The number of hydrogen-bond donors (Lipinski definition) is 0. The fourth-order valence-corrected chi connectivity index (χ4v) is 1.64. The van der Waals surface area contributed by atoms with E-state index in [1.54, 1.807) is 0 Å². The van der Waals surface area contributed by atoms with Gasteiger partial charge in [-0.15, -0.1) is 0 Å². The molecule has 0 heterocycles. The number of ketones is 2. The number of rotatable bonds is 17. The Morgan fingerprint density at radius 3 is 1.50 bits per heavy atom. The van der Waals surface area contributed by atoms with E-state index >= 15 is 0 Å². The van der Waals surface area contributed by atoms with Crippen molar-refractivity contribution in [2.24, 2.45) is 11.8 Å². The molecule has 6 heteroatoms. The van der Waals surface area contributed by atoms with Gasteiger partial charge in [0.15, 0.2) is 5.78 Å². The van der Waals surface area contributed by atoms with Crippen molar-refractivity contribution in [1.82, 2.24) is 0 Å². The van der Waals surface area contributed by atoms with Gasteiger partial charge in [-0.05, 0) is 6.42 Å². The lowest BCUT2D eigenvalue weighted by Gasteiger charge is -2.08. The minimum Gasteiger partial charge on any atom is -0.379 e. The van der Waals surface area contributed by atoms with Crippen molar-refractivity contribution in [3.8, 4) is 0 Å². The maximum Gasteiger partial charge on any atom is 0.160 e. The van der Waals surface area contributed by atoms with Crippen LogP contribution in [0.15, 0.2) is 0 Å². The quantitative estimate of drug-likeness (QED) is 0.376. The van der Waals surface area contributed by atoms with E-state index in [0.717, 1.165) is 6.42 Å².